The van der Waals surface area contributed by atoms with Gasteiger partial charge in [-0.05, 0) is 48.7 Å². The normalized spacial score (nSPS) is 27.1. The first-order chi connectivity index (χ1) is 13.8. The number of hydrogen-bond donors (Lipinski definition) is 4. The third kappa shape index (κ3) is 4.57. The zero-order valence-electron chi connectivity index (χ0n) is 15.8. The lowest BCUT2D eigenvalue weighted by Crippen LogP contribution is -2.55. The molecule has 1 unspecified atom stereocenters. The van der Waals surface area contributed by atoms with Crippen molar-refractivity contribution in [2.45, 2.75) is 43.9 Å². The number of rotatable bonds is 6. The molecule has 158 valence electrons. The van der Waals surface area contributed by atoms with Crippen LogP contribution in [0.1, 0.15) is 29.7 Å². The summed E-state index contributed by atoms with van der Waals surface area (Å²) in [6.45, 7) is 1.73. The van der Waals surface area contributed by atoms with Crippen molar-refractivity contribution in [3.8, 4) is 5.75 Å². The van der Waals surface area contributed by atoms with Crippen molar-refractivity contribution in [3.05, 3.63) is 64.7 Å². The van der Waals surface area contributed by atoms with Gasteiger partial charge in [0.2, 0.25) is 0 Å². The van der Waals surface area contributed by atoms with Gasteiger partial charge in [0.25, 0.3) is 0 Å². The monoisotopic (exact) mass is 410 g/mol. The first-order valence-electron chi connectivity index (χ1n) is 9.35. The number of halogens is 2. The van der Waals surface area contributed by atoms with Gasteiger partial charge in [-0.25, -0.2) is 8.78 Å². The third-order valence-corrected chi connectivity index (χ3v) is 4.96. The molecule has 29 heavy (non-hydrogen) atoms. The van der Waals surface area contributed by atoms with Crippen LogP contribution < -0.4 is 4.74 Å². The van der Waals surface area contributed by atoms with E-state index in [0.29, 0.717) is 17.9 Å². The number of aliphatic hydroxyl groups excluding tert-OH is 4. The van der Waals surface area contributed by atoms with Crippen LogP contribution >= 0.6 is 0 Å². The van der Waals surface area contributed by atoms with E-state index in [0.717, 1.165) is 17.7 Å². The molecule has 1 aliphatic rings. The Bertz CT molecular complexity index is 803. The minimum absolute atomic E-state index is 0.273. The van der Waals surface area contributed by atoms with Crippen LogP contribution in [0.3, 0.4) is 0 Å². The van der Waals surface area contributed by atoms with E-state index in [9.17, 15) is 29.2 Å². The highest BCUT2D eigenvalue weighted by atomic mass is 19.1. The molecule has 0 aliphatic carbocycles. The summed E-state index contributed by atoms with van der Waals surface area (Å²) in [5.74, 6) is -1.20. The fraction of sp³-hybridized carbons (Fsp3) is 0.429. The van der Waals surface area contributed by atoms with Crippen molar-refractivity contribution in [1.29, 1.82) is 0 Å². The minimum atomic E-state index is -1.76. The molecule has 5 atom stereocenters. The second kappa shape index (κ2) is 9.15. The van der Waals surface area contributed by atoms with Crippen LogP contribution in [0.4, 0.5) is 8.78 Å². The van der Waals surface area contributed by atoms with Crippen molar-refractivity contribution >= 4 is 0 Å². The average Bonchev–Trinajstić information content (AvgIpc) is 2.69. The van der Waals surface area contributed by atoms with Crippen molar-refractivity contribution < 1.29 is 38.7 Å². The quantitative estimate of drug-likeness (QED) is 0.576. The summed E-state index contributed by atoms with van der Waals surface area (Å²) in [6.07, 6.45) is -7.61. The topological polar surface area (TPSA) is 99.4 Å². The molecule has 0 aromatic heterocycles. The maximum absolute atomic E-state index is 14.7. The molecular weight excluding hydrogens is 386 g/mol. The molecule has 4 N–H and O–H groups in total. The van der Waals surface area contributed by atoms with Crippen LogP contribution in [-0.4, -0.2) is 58.1 Å². The van der Waals surface area contributed by atoms with E-state index in [-0.39, 0.29) is 6.42 Å². The Labute approximate surface area is 167 Å². The molecule has 1 aliphatic heterocycles. The molecule has 1 heterocycles. The lowest BCUT2D eigenvalue weighted by Gasteiger charge is -2.40. The van der Waals surface area contributed by atoms with Gasteiger partial charge in [0.15, 0.2) is 0 Å². The summed E-state index contributed by atoms with van der Waals surface area (Å²) in [7, 11) is 0. The maximum Gasteiger partial charge on any atom is 0.132 e. The van der Waals surface area contributed by atoms with Crippen molar-refractivity contribution in [3.63, 3.8) is 0 Å². The second-order valence-electron chi connectivity index (χ2n) is 6.98. The fourth-order valence-corrected chi connectivity index (χ4v) is 3.46. The fourth-order valence-electron chi connectivity index (χ4n) is 3.46. The summed E-state index contributed by atoms with van der Waals surface area (Å²) < 4.78 is 40.1. The van der Waals surface area contributed by atoms with Crippen molar-refractivity contribution in [2.24, 2.45) is 0 Å². The largest absolute Gasteiger partial charge is 0.494 e. The van der Waals surface area contributed by atoms with E-state index >= 15 is 0 Å². The van der Waals surface area contributed by atoms with Crippen LogP contribution in [0.2, 0.25) is 0 Å². The minimum Gasteiger partial charge on any atom is -0.494 e. The molecule has 0 saturated carbocycles. The predicted octanol–water partition coefficient (Wildman–Crippen LogP) is 1.47. The second-order valence-corrected chi connectivity index (χ2v) is 6.98. The molecular formula is C21H24F2O6. The molecule has 3 rings (SSSR count). The van der Waals surface area contributed by atoms with E-state index in [2.05, 4.69) is 0 Å². The molecule has 2 aromatic rings. The summed E-state index contributed by atoms with van der Waals surface area (Å²) in [5, 5.41) is 39.1. The summed E-state index contributed by atoms with van der Waals surface area (Å²) in [6, 6.07) is 9.41. The van der Waals surface area contributed by atoms with Crippen molar-refractivity contribution in [2.75, 3.05) is 13.2 Å². The molecule has 0 spiro atoms. The standard InChI is InChI=1S/C21H24F2O6/c1-2-28-13-5-3-11(4-6-13)7-12-8-14(22)17(15(23)9-12)21-20(27)19(26)18(25)16(10-24)29-21/h3-6,8-9,16,18-21,24-27H,2,7,10H2,1H3/t16-,18+,19+,20?,21+/m1/s1. The maximum atomic E-state index is 14.7. The SMILES string of the molecule is CCOc1ccc(Cc2cc(F)c([C@@H]3O[C@H](CO)[C@H](O)[C@H](O)C3O)c(F)c2)cc1. The molecule has 1 fully saturated rings. The first-order valence-corrected chi connectivity index (χ1v) is 9.35. The Morgan fingerprint density at radius 1 is 0.931 bits per heavy atom. The van der Waals surface area contributed by atoms with Gasteiger partial charge in [-0.15, -0.1) is 0 Å². The van der Waals surface area contributed by atoms with Gasteiger partial charge < -0.3 is 29.9 Å². The number of benzene rings is 2. The molecule has 0 amide bonds. The van der Waals surface area contributed by atoms with Gasteiger partial charge in [-0.1, -0.05) is 12.1 Å². The van der Waals surface area contributed by atoms with Crippen LogP contribution in [0.25, 0.3) is 0 Å². The highest BCUT2D eigenvalue weighted by Crippen LogP contribution is 2.35. The third-order valence-electron chi connectivity index (χ3n) is 4.96. The van der Waals surface area contributed by atoms with E-state index in [4.69, 9.17) is 9.47 Å². The Morgan fingerprint density at radius 2 is 1.55 bits per heavy atom. The highest BCUT2D eigenvalue weighted by molar-refractivity contribution is 5.35. The molecule has 2 aromatic carbocycles. The van der Waals surface area contributed by atoms with Crippen LogP contribution in [0.5, 0.6) is 5.75 Å². The van der Waals surface area contributed by atoms with Crippen LogP contribution in [-0.2, 0) is 11.2 Å². The molecule has 1 saturated heterocycles. The molecule has 6 nitrogen and oxygen atoms in total. The van der Waals surface area contributed by atoms with Gasteiger partial charge in [0.05, 0.1) is 18.8 Å². The predicted molar refractivity (Wildman–Crippen MR) is 99.5 cm³/mol. The van der Waals surface area contributed by atoms with Gasteiger partial charge in [0, 0.05) is 0 Å². The lowest BCUT2D eigenvalue weighted by molar-refractivity contribution is -0.232. The number of aliphatic hydroxyl groups is 4. The van der Waals surface area contributed by atoms with E-state index in [1.165, 1.54) is 0 Å². The van der Waals surface area contributed by atoms with Crippen LogP contribution in [0, 0.1) is 11.6 Å². The summed E-state index contributed by atoms with van der Waals surface area (Å²) in [4.78, 5) is 0. The lowest BCUT2D eigenvalue weighted by atomic mass is 9.90. The molecule has 0 bridgehead atoms. The highest BCUT2D eigenvalue weighted by Gasteiger charge is 2.45. The van der Waals surface area contributed by atoms with E-state index in [1.807, 2.05) is 6.92 Å². The van der Waals surface area contributed by atoms with Gasteiger partial charge in [-0.3, -0.25) is 0 Å². The summed E-state index contributed by atoms with van der Waals surface area (Å²) >= 11 is 0. The molecule has 0 radical (unpaired) electrons. The summed E-state index contributed by atoms with van der Waals surface area (Å²) in [5.41, 5.74) is 0.641. The zero-order valence-corrected chi connectivity index (χ0v) is 15.8. The van der Waals surface area contributed by atoms with Gasteiger partial charge in [-0.2, -0.15) is 0 Å². The molecule has 8 heteroatoms. The Kier molecular flexibility index (Phi) is 6.81. The zero-order chi connectivity index (χ0) is 21.1. The average molecular weight is 410 g/mol. The van der Waals surface area contributed by atoms with E-state index in [1.54, 1.807) is 24.3 Å². The van der Waals surface area contributed by atoms with Gasteiger partial charge in [0.1, 0.15) is 47.9 Å². The first kappa shape index (κ1) is 21.6. The smallest absolute Gasteiger partial charge is 0.132 e. The Balaban J connectivity index is 1.83. The van der Waals surface area contributed by atoms with Crippen LogP contribution in [0.15, 0.2) is 36.4 Å². The number of hydrogen-bond acceptors (Lipinski definition) is 6. The van der Waals surface area contributed by atoms with Gasteiger partial charge >= 0.3 is 0 Å². The Hall–Kier alpha value is -2.10. The Morgan fingerprint density at radius 3 is 2.10 bits per heavy atom. The van der Waals surface area contributed by atoms with E-state index < -0.39 is 54.3 Å². The van der Waals surface area contributed by atoms with Crippen molar-refractivity contribution in [1.82, 2.24) is 0 Å². The number of ether oxygens (including phenoxy) is 2.